The Hall–Kier alpha value is -4.24. The van der Waals surface area contributed by atoms with E-state index in [9.17, 15) is 18.4 Å². The normalized spacial score (nSPS) is 12.2. The molecular weight excluding hydrogens is 518 g/mol. The second-order valence-corrected chi connectivity index (χ2v) is 9.92. The van der Waals surface area contributed by atoms with Crippen molar-refractivity contribution in [3.05, 3.63) is 114 Å². The maximum absolute atomic E-state index is 13.7. The van der Waals surface area contributed by atoms with Crippen LogP contribution in [0.2, 0.25) is 0 Å². The van der Waals surface area contributed by atoms with Crippen LogP contribution < -0.4 is 11.1 Å². The minimum atomic E-state index is -0.814. The Labute approximate surface area is 230 Å². The lowest BCUT2D eigenvalue weighted by molar-refractivity contribution is -0.119. The summed E-state index contributed by atoms with van der Waals surface area (Å²) in [5, 5.41) is 2.75. The maximum atomic E-state index is 13.7. The summed E-state index contributed by atoms with van der Waals surface area (Å²) in [6, 6.07) is 16.6. The first-order chi connectivity index (χ1) is 18.8. The van der Waals surface area contributed by atoms with Gasteiger partial charge in [-0.3, -0.25) is 9.59 Å². The van der Waals surface area contributed by atoms with E-state index in [0.29, 0.717) is 35.4 Å². The number of benzene rings is 3. The minimum absolute atomic E-state index is 0.326. The summed E-state index contributed by atoms with van der Waals surface area (Å²) in [6.45, 7) is 0.482. The SMILES string of the molecule is CSCC[C@H](NC(=O)c1ccc(/C=C(\Cn2ccnc2)c2ccc(F)cc2)cc1-c1ccc(F)cc1)C(N)=O. The minimum Gasteiger partial charge on any atom is -0.368 e. The number of nitrogens with one attached hydrogen (secondary N) is 1. The standard InChI is InChI=1S/C30H28F2N4O2S/c1-39-15-12-28(29(33)37)35-30(38)26-11-2-20(17-27(26)22-5-9-25(32)10-6-22)16-23(18-36-14-13-34-19-36)21-3-7-24(31)8-4-21/h2-11,13-14,16-17,19,28H,12,15,18H2,1H3,(H2,33,37)(H,35,38)/b23-16+/t28-/m0/s1. The van der Waals surface area contributed by atoms with Crippen molar-refractivity contribution >= 4 is 35.2 Å². The number of carbonyl (C=O) groups is 2. The Bertz CT molecular complexity index is 1450. The van der Waals surface area contributed by atoms with Gasteiger partial charge < -0.3 is 15.6 Å². The zero-order valence-electron chi connectivity index (χ0n) is 21.3. The second-order valence-electron chi connectivity index (χ2n) is 8.93. The van der Waals surface area contributed by atoms with Crippen LogP contribution in [0.3, 0.4) is 0 Å². The van der Waals surface area contributed by atoms with Crippen LogP contribution in [-0.2, 0) is 11.3 Å². The number of carbonyl (C=O) groups excluding carboxylic acids is 2. The van der Waals surface area contributed by atoms with E-state index in [4.69, 9.17) is 5.73 Å². The summed E-state index contributed by atoms with van der Waals surface area (Å²) in [4.78, 5) is 29.4. The van der Waals surface area contributed by atoms with Gasteiger partial charge in [0.15, 0.2) is 0 Å². The smallest absolute Gasteiger partial charge is 0.252 e. The largest absolute Gasteiger partial charge is 0.368 e. The number of rotatable bonds is 11. The summed E-state index contributed by atoms with van der Waals surface area (Å²) in [6.07, 6.45) is 9.48. The highest BCUT2D eigenvalue weighted by Gasteiger charge is 2.21. The number of nitrogens with two attached hydrogens (primary N) is 1. The van der Waals surface area contributed by atoms with Crippen LogP contribution in [0, 0.1) is 11.6 Å². The van der Waals surface area contributed by atoms with Crippen molar-refractivity contribution in [2.24, 2.45) is 5.73 Å². The number of primary amides is 1. The lowest BCUT2D eigenvalue weighted by atomic mass is 9.94. The van der Waals surface area contributed by atoms with Gasteiger partial charge in [0.25, 0.3) is 5.91 Å². The molecule has 1 atom stereocenters. The molecule has 0 aliphatic heterocycles. The Kier molecular flexibility index (Phi) is 9.27. The first kappa shape index (κ1) is 27.8. The molecule has 0 spiro atoms. The summed E-state index contributed by atoms with van der Waals surface area (Å²) in [5.41, 5.74) is 9.55. The van der Waals surface area contributed by atoms with Gasteiger partial charge in [-0.05, 0) is 88.7 Å². The van der Waals surface area contributed by atoms with E-state index in [1.165, 1.54) is 24.3 Å². The number of hydrogen-bond donors (Lipinski definition) is 2. The molecule has 4 aromatic rings. The van der Waals surface area contributed by atoms with E-state index >= 15 is 0 Å². The van der Waals surface area contributed by atoms with Gasteiger partial charge in [0.05, 0.1) is 6.33 Å². The predicted octanol–water partition coefficient (Wildman–Crippen LogP) is 5.41. The van der Waals surface area contributed by atoms with E-state index in [1.54, 1.807) is 60.7 Å². The van der Waals surface area contributed by atoms with Crippen molar-refractivity contribution in [2.75, 3.05) is 12.0 Å². The number of nitrogens with zero attached hydrogens (tertiary/aromatic N) is 2. The molecule has 0 saturated heterocycles. The second kappa shape index (κ2) is 13.0. The number of imidazole rings is 1. The van der Waals surface area contributed by atoms with Gasteiger partial charge in [-0.2, -0.15) is 11.8 Å². The molecule has 4 rings (SSSR count). The third kappa shape index (κ3) is 7.42. The van der Waals surface area contributed by atoms with E-state index in [1.807, 2.05) is 29.2 Å². The van der Waals surface area contributed by atoms with Crippen LogP contribution in [0.1, 0.15) is 27.9 Å². The Morgan fingerprint density at radius 3 is 2.36 bits per heavy atom. The van der Waals surface area contributed by atoms with Crippen molar-refractivity contribution in [3.63, 3.8) is 0 Å². The topological polar surface area (TPSA) is 90.0 Å². The van der Waals surface area contributed by atoms with Crippen LogP contribution in [0.15, 0.2) is 85.5 Å². The number of halogens is 2. The van der Waals surface area contributed by atoms with Crippen LogP contribution in [0.5, 0.6) is 0 Å². The van der Waals surface area contributed by atoms with Crippen molar-refractivity contribution in [1.29, 1.82) is 0 Å². The fourth-order valence-electron chi connectivity index (χ4n) is 4.14. The molecule has 0 bridgehead atoms. The molecule has 0 saturated carbocycles. The lowest BCUT2D eigenvalue weighted by Gasteiger charge is -2.17. The molecule has 1 aromatic heterocycles. The first-order valence-electron chi connectivity index (χ1n) is 12.3. The summed E-state index contributed by atoms with van der Waals surface area (Å²) in [5.74, 6) is -1.13. The monoisotopic (exact) mass is 546 g/mol. The number of aromatic nitrogens is 2. The van der Waals surface area contributed by atoms with E-state index in [0.717, 1.165) is 16.7 Å². The van der Waals surface area contributed by atoms with Crippen LogP contribution in [0.25, 0.3) is 22.8 Å². The molecule has 1 heterocycles. The first-order valence-corrected chi connectivity index (χ1v) is 13.6. The molecule has 3 aromatic carbocycles. The Balaban J connectivity index is 1.76. The van der Waals surface area contributed by atoms with Gasteiger partial charge >= 0.3 is 0 Å². The third-order valence-corrected chi connectivity index (χ3v) is 6.81. The lowest BCUT2D eigenvalue weighted by Crippen LogP contribution is -2.44. The van der Waals surface area contributed by atoms with Crippen molar-refractivity contribution in [1.82, 2.24) is 14.9 Å². The number of thioether (sulfide) groups is 1. The zero-order valence-corrected chi connectivity index (χ0v) is 22.1. The maximum Gasteiger partial charge on any atom is 0.252 e. The van der Waals surface area contributed by atoms with Crippen molar-refractivity contribution in [2.45, 2.75) is 19.0 Å². The molecule has 9 heteroatoms. The highest BCUT2D eigenvalue weighted by Crippen LogP contribution is 2.29. The molecule has 200 valence electrons. The van der Waals surface area contributed by atoms with Gasteiger partial charge in [0, 0.05) is 24.5 Å². The molecule has 2 amide bonds. The van der Waals surface area contributed by atoms with E-state index in [2.05, 4.69) is 10.3 Å². The van der Waals surface area contributed by atoms with Crippen LogP contribution >= 0.6 is 11.8 Å². The molecular formula is C30H28F2N4O2S. The Morgan fingerprint density at radius 2 is 1.74 bits per heavy atom. The van der Waals surface area contributed by atoms with Crippen molar-refractivity contribution < 1.29 is 18.4 Å². The highest BCUT2D eigenvalue weighted by molar-refractivity contribution is 7.98. The van der Waals surface area contributed by atoms with Gasteiger partial charge in [0.1, 0.15) is 17.7 Å². The fraction of sp³-hybridized carbons (Fsp3) is 0.167. The molecule has 0 aliphatic carbocycles. The number of hydrogen-bond acceptors (Lipinski definition) is 4. The van der Waals surface area contributed by atoms with Gasteiger partial charge in [-0.1, -0.05) is 30.3 Å². The summed E-state index contributed by atoms with van der Waals surface area (Å²) < 4.78 is 29.2. The van der Waals surface area contributed by atoms with Gasteiger partial charge in [-0.25, -0.2) is 13.8 Å². The van der Waals surface area contributed by atoms with E-state index in [-0.39, 0.29) is 5.82 Å². The highest BCUT2D eigenvalue weighted by atomic mass is 32.2. The van der Waals surface area contributed by atoms with Crippen LogP contribution in [0.4, 0.5) is 8.78 Å². The zero-order chi connectivity index (χ0) is 27.8. The Morgan fingerprint density at radius 1 is 1.05 bits per heavy atom. The average Bonchev–Trinajstić information content (AvgIpc) is 3.44. The third-order valence-electron chi connectivity index (χ3n) is 6.17. The summed E-state index contributed by atoms with van der Waals surface area (Å²) >= 11 is 1.55. The molecule has 39 heavy (non-hydrogen) atoms. The predicted molar refractivity (Wildman–Crippen MR) is 152 cm³/mol. The fourth-order valence-corrected chi connectivity index (χ4v) is 4.61. The summed E-state index contributed by atoms with van der Waals surface area (Å²) in [7, 11) is 0. The molecule has 6 nitrogen and oxygen atoms in total. The quantitative estimate of drug-likeness (QED) is 0.246. The number of amides is 2. The number of allylic oxidation sites excluding steroid dienone is 1. The molecule has 0 unspecified atom stereocenters. The molecule has 3 N–H and O–H groups in total. The molecule has 0 radical (unpaired) electrons. The van der Waals surface area contributed by atoms with E-state index < -0.39 is 23.7 Å². The van der Waals surface area contributed by atoms with Crippen molar-refractivity contribution in [3.8, 4) is 11.1 Å². The molecule has 0 aliphatic rings. The average molecular weight is 547 g/mol. The molecule has 0 fully saturated rings. The van der Waals surface area contributed by atoms with Gasteiger partial charge in [-0.15, -0.1) is 0 Å². The van der Waals surface area contributed by atoms with Gasteiger partial charge in [0.2, 0.25) is 5.91 Å². The van der Waals surface area contributed by atoms with Crippen LogP contribution in [-0.4, -0.2) is 39.4 Å².